The van der Waals surface area contributed by atoms with E-state index in [0.717, 1.165) is 10.9 Å². The van der Waals surface area contributed by atoms with Gasteiger partial charge in [0, 0.05) is 10.3 Å². The molecule has 1 unspecified atom stereocenters. The standard InChI is InChI=1S/C22H20FN5O3S/c23-17-4-2-15(3-5-17)22(30)24-12-18-13-28(27-25-18)19(11-21(29)26-31)10-14-1-6-20-16(9-14)7-8-32-20/h1-9,13,19,31H,10-12H2,(H,24,30)(H,26,29). The molecule has 4 rings (SSSR count). The number of thiophene rings is 1. The number of carbonyl (C=O) groups is 2. The third-order valence-electron chi connectivity index (χ3n) is 5.00. The lowest BCUT2D eigenvalue weighted by atomic mass is 10.0. The summed E-state index contributed by atoms with van der Waals surface area (Å²) < 4.78 is 15.8. The molecule has 2 heterocycles. The van der Waals surface area contributed by atoms with Gasteiger partial charge in [0.05, 0.1) is 25.2 Å². The van der Waals surface area contributed by atoms with Crippen molar-refractivity contribution in [3.8, 4) is 0 Å². The minimum Gasteiger partial charge on any atom is -0.346 e. The molecule has 2 amide bonds. The summed E-state index contributed by atoms with van der Waals surface area (Å²) in [6.45, 7) is 0.121. The first kappa shape index (κ1) is 21.6. The molecule has 3 N–H and O–H groups in total. The normalized spacial score (nSPS) is 11.9. The Hall–Kier alpha value is -3.63. The molecule has 2 aromatic carbocycles. The molecule has 10 heteroatoms. The van der Waals surface area contributed by atoms with Crippen LogP contribution in [0.3, 0.4) is 0 Å². The van der Waals surface area contributed by atoms with Gasteiger partial charge in [-0.05, 0) is 59.1 Å². The van der Waals surface area contributed by atoms with E-state index in [-0.39, 0.29) is 24.9 Å². The van der Waals surface area contributed by atoms with Gasteiger partial charge in [-0.25, -0.2) is 14.6 Å². The van der Waals surface area contributed by atoms with Crippen molar-refractivity contribution in [3.05, 3.63) is 82.7 Å². The highest BCUT2D eigenvalue weighted by molar-refractivity contribution is 7.17. The summed E-state index contributed by atoms with van der Waals surface area (Å²) in [4.78, 5) is 24.1. The molecule has 0 radical (unpaired) electrons. The van der Waals surface area contributed by atoms with E-state index in [1.165, 1.54) is 29.0 Å². The second-order valence-electron chi connectivity index (χ2n) is 7.27. The highest BCUT2D eigenvalue weighted by Gasteiger charge is 2.19. The molecule has 0 aliphatic carbocycles. The summed E-state index contributed by atoms with van der Waals surface area (Å²) in [7, 11) is 0. The van der Waals surface area contributed by atoms with Crippen molar-refractivity contribution in [2.45, 2.75) is 25.4 Å². The quantitative estimate of drug-likeness (QED) is 0.280. The van der Waals surface area contributed by atoms with Crippen LogP contribution < -0.4 is 10.8 Å². The van der Waals surface area contributed by atoms with Crippen molar-refractivity contribution in [3.63, 3.8) is 0 Å². The Morgan fingerprint density at radius 3 is 2.75 bits per heavy atom. The van der Waals surface area contributed by atoms with Crippen LogP contribution in [0.5, 0.6) is 0 Å². The fraction of sp³-hybridized carbons (Fsp3) is 0.182. The maximum absolute atomic E-state index is 13.0. The van der Waals surface area contributed by atoms with Gasteiger partial charge < -0.3 is 5.32 Å². The maximum atomic E-state index is 13.0. The Balaban J connectivity index is 1.46. The van der Waals surface area contributed by atoms with Crippen LogP contribution in [0.1, 0.15) is 34.1 Å². The number of fused-ring (bicyclic) bond motifs is 1. The molecule has 2 aromatic heterocycles. The van der Waals surface area contributed by atoms with Crippen molar-refractivity contribution in [2.24, 2.45) is 0 Å². The molecule has 0 spiro atoms. The number of nitrogens with one attached hydrogen (secondary N) is 2. The molecule has 0 aliphatic rings. The minimum atomic E-state index is -0.534. The van der Waals surface area contributed by atoms with E-state index in [1.807, 2.05) is 23.6 Å². The van der Waals surface area contributed by atoms with Gasteiger partial charge in [0.2, 0.25) is 5.91 Å². The van der Waals surface area contributed by atoms with E-state index >= 15 is 0 Å². The number of hydrogen-bond acceptors (Lipinski definition) is 6. The molecule has 1 atom stereocenters. The van der Waals surface area contributed by atoms with Crippen molar-refractivity contribution in [2.75, 3.05) is 0 Å². The first-order chi connectivity index (χ1) is 15.5. The molecule has 0 saturated heterocycles. The molecule has 0 bridgehead atoms. The predicted octanol–water partition coefficient (Wildman–Crippen LogP) is 3.24. The van der Waals surface area contributed by atoms with Gasteiger partial charge in [0.15, 0.2) is 0 Å². The predicted molar refractivity (Wildman–Crippen MR) is 117 cm³/mol. The topological polar surface area (TPSA) is 109 Å². The summed E-state index contributed by atoms with van der Waals surface area (Å²) in [6.07, 6.45) is 2.16. The number of amides is 2. The van der Waals surface area contributed by atoms with Crippen LogP contribution in [0.4, 0.5) is 4.39 Å². The molecule has 4 aromatic rings. The lowest BCUT2D eigenvalue weighted by molar-refractivity contribution is -0.130. The second-order valence-corrected chi connectivity index (χ2v) is 8.22. The SMILES string of the molecule is O=C(CC(Cc1ccc2sccc2c1)n1cc(CNC(=O)c2ccc(F)cc2)nn1)NO. The first-order valence-corrected chi connectivity index (χ1v) is 10.7. The van der Waals surface area contributed by atoms with E-state index in [4.69, 9.17) is 5.21 Å². The summed E-state index contributed by atoms with van der Waals surface area (Å²) in [6, 6.07) is 13.0. The number of carbonyl (C=O) groups excluding carboxylic acids is 2. The van der Waals surface area contributed by atoms with Gasteiger partial charge in [-0.3, -0.25) is 14.8 Å². The zero-order valence-corrected chi connectivity index (χ0v) is 17.7. The molecular weight excluding hydrogens is 433 g/mol. The Morgan fingerprint density at radius 1 is 1.16 bits per heavy atom. The second kappa shape index (κ2) is 9.67. The van der Waals surface area contributed by atoms with Gasteiger partial charge in [0.25, 0.3) is 5.91 Å². The Morgan fingerprint density at radius 2 is 1.97 bits per heavy atom. The molecule has 0 aliphatic heterocycles. The zero-order valence-electron chi connectivity index (χ0n) is 16.9. The highest BCUT2D eigenvalue weighted by Crippen LogP contribution is 2.25. The monoisotopic (exact) mass is 453 g/mol. The van der Waals surface area contributed by atoms with Crippen LogP contribution in [0.2, 0.25) is 0 Å². The molecule has 0 saturated carbocycles. The number of hydroxylamine groups is 1. The fourth-order valence-corrected chi connectivity index (χ4v) is 4.15. The van der Waals surface area contributed by atoms with Crippen molar-refractivity contribution in [1.82, 2.24) is 25.8 Å². The van der Waals surface area contributed by atoms with Crippen molar-refractivity contribution in [1.29, 1.82) is 0 Å². The van der Waals surface area contributed by atoms with Crippen LogP contribution >= 0.6 is 11.3 Å². The summed E-state index contributed by atoms with van der Waals surface area (Å²) >= 11 is 1.66. The van der Waals surface area contributed by atoms with Gasteiger partial charge in [-0.15, -0.1) is 16.4 Å². The van der Waals surface area contributed by atoms with Crippen molar-refractivity contribution < 1.29 is 19.2 Å². The Labute approximate surface area is 186 Å². The van der Waals surface area contributed by atoms with Crippen LogP contribution in [0.25, 0.3) is 10.1 Å². The molecular formula is C22H20FN5O3S. The van der Waals surface area contributed by atoms with Gasteiger partial charge in [0.1, 0.15) is 11.5 Å². The van der Waals surface area contributed by atoms with E-state index in [1.54, 1.807) is 27.7 Å². The number of hydrogen-bond donors (Lipinski definition) is 3. The molecule has 8 nitrogen and oxygen atoms in total. The number of aromatic nitrogens is 3. The Kier molecular flexibility index (Phi) is 6.52. The molecule has 164 valence electrons. The largest absolute Gasteiger partial charge is 0.346 e. The van der Waals surface area contributed by atoms with Gasteiger partial charge in [-0.2, -0.15) is 0 Å². The zero-order chi connectivity index (χ0) is 22.5. The van der Waals surface area contributed by atoms with Gasteiger partial charge >= 0.3 is 0 Å². The number of benzene rings is 2. The average Bonchev–Trinajstić information content (AvgIpc) is 3.46. The van der Waals surface area contributed by atoms with Crippen molar-refractivity contribution >= 4 is 33.2 Å². The van der Waals surface area contributed by atoms with E-state index < -0.39 is 11.7 Å². The van der Waals surface area contributed by atoms with Crippen LogP contribution in [0.15, 0.2) is 60.1 Å². The Bertz CT molecular complexity index is 1240. The number of halogens is 1. The lowest BCUT2D eigenvalue weighted by Gasteiger charge is -2.16. The van der Waals surface area contributed by atoms with Crippen LogP contribution in [-0.4, -0.2) is 32.0 Å². The van der Waals surface area contributed by atoms with E-state index in [2.05, 4.69) is 21.7 Å². The van der Waals surface area contributed by atoms with E-state index in [0.29, 0.717) is 17.7 Å². The first-order valence-electron chi connectivity index (χ1n) is 9.85. The average molecular weight is 453 g/mol. The number of rotatable bonds is 8. The fourth-order valence-electron chi connectivity index (χ4n) is 3.38. The summed E-state index contributed by atoms with van der Waals surface area (Å²) in [5.74, 6) is -1.31. The third-order valence-corrected chi connectivity index (χ3v) is 5.90. The van der Waals surface area contributed by atoms with Crippen LogP contribution in [0, 0.1) is 5.82 Å². The maximum Gasteiger partial charge on any atom is 0.251 e. The van der Waals surface area contributed by atoms with E-state index in [9.17, 15) is 14.0 Å². The smallest absolute Gasteiger partial charge is 0.251 e. The minimum absolute atomic E-state index is 0.00289. The third kappa shape index (κ3) is 5.16. The lowest BCUT2D eigenvalue weighted by Crippen LogP contribution is -2.25. The number of nitrogens with zero attached hydrogens (tertiary/aromatic N) is 3. The summed E-state index contributed by atoms with van der Waals surface area (Å²) in [5.41, 5.74) is 3.52. The highest BCUT2D eigenvalue weighted by atomic mass is 32.1. The molecule has 32 heavy (non-hydrogen) atoms. The molecule has 0 fully saturated rings. The summed E-state index contributed by atoms with van der Waals surface area (Å²) in [5, 5.41) is 23.0. The van der Waals surface area contributed by atoms with Gasteiger partial charge in [-0.1, -0.05) is 17.3 Å². The van der Waals surface area contributed by atoms with Crippen LogP contribution in [-0.2, 0) is 17.8 Å².